The first-order valence-corrected chi connectivity index (χ1v) is 5.77. The topological polar surface area (TPSA) is 36.3 Å². The molecule has 0 bridgehead atoms. The third kappa shape index (κ3) is 5.15. The summed E-state index contributed by atoms with van der Waals surface area (Å²) in [7, 11) is 0. The summed E-state index contributed by atoms with van der Waals surface area (Å²) in [5.41, 5.74) is -0.0367. The molecule has 1 rings (SSSR count). The summed E-state index contributed by atoms with van der Waals surface area (Å²) in [6.07, 6.45) is 2.04. The first-order valence-electron chi connectivity index (χ1n) is 5.77. The van der Waals surface area contributed by atoms with Crippen LogP contribution in [0, 0.1) is 17.2 Å². The predicted octanol–water partition coefficient (Wildman–Crippen LogP) is 2.04. The Morgan fingerprint density at radius 2 is 1.93 bits per heavy atom. The molecular formula is C12H22N2O. The summed E-state index contributed by atoms with van der Waals surface area (Å²) in [6.45, 7) is 10.1. The lowest BCUT2D eigenvalue weighted by Gasteiger charge is -2.30. The van der Waals surface area contributed by atoms with E-state index in [-0.39, 0.29) is 11.5 Å². The van der Waals surface area contributed by atoms with E-state index in [1.165, 1.54) is 0 Å². The summed E-state index contributed by atoms with van der Waals surface area (Å²) >= 11 is 0. The van der Waals surface area contributed by atoms with Crippen molar-refractivity contribution in [1.82, 2.24) is 4.90 Å². The Morgan fingerprint density at radius 3 is 2.40 bits per heavy atom. The molecule has 0 N–H and O–H groups in total. The Labute approximate surface area is 93.0 Å². The zero-order valence-corrected chi connectivity index (χ0v) is 10.1. The van der Waals surface area contributed by atoms with Gasteiger partial charge in [0.05, 0.1) is 18.3 Å². The van der Waals surface area contributed by atoms with Crippen LogP contribution < -0.4 is 0 Å². The fourth-order valence-electron chi connectivity index (χ4n) is 1.77. The molecule has 0 aliphatic carbocycles. The van der Waals surface area contributed by atoms with Crippen LogP contribution in [0.4, 0.5) is 0 Å². The van der Waals surface area contributed by atoms with Gasteiger partial charge >= 0.3 is 0 Å². The molecule has 0 radical (unpaired) electrons. The lowest BCUT2D eigenvalue weighted by Crippen LogP contribution is -2.37. The van der Waals surface area contributed by atoms with Crippen LogP contribution in [-0.2, 0) is 4.74 Å². The molecule has 0 spiro atoms. The number of hydrogen-bond acceptors (Lipinski definition) is 3. The van der Waals surface area contributed by atoms with Crippen LogP contribution in [0.1, 0.15) is 33.6 Å². The number of nitrogens with zero attached hydrogens (tertiary/aromatic N) is 2. The van der Waals surface area contributed by atoms with E-state index in [9.17, 15) is 0 Å². The van der Waals surface area contributed by atoms with Crippen LogP contribution in [0.3, 0.4) is 0 Å². The van der Waals surface area contributed by atoms with Crippen molar-refractivity contribution >= 4 is 0 Å². The average molecular weight is 210 g/mol. The zero-order chi connectivity index (χ0) is 11.3. The molecule has 1 aliphatic heterocycles. The van der Waals surface area contributed by atoms with E-state index in [4.69, 9.17) is 10.00 Å². The van der Waals surface area contributed by atoms with Crippen molar-refractivity contribution in [3.8, 4) is 6.07 Å². The standard InChI is InChI=1S/C12H22N2O/c1-12(2,3)15-9-8-14-6-4-11(10-13)5-7-14/h11H,4-9H2,1-3H3. The number of ether oxygens (including phenoxy) is 1. The maximum absolute atomic E-state index is 8.77. The minimum Gasteiger partial charge on any atom is -0.375 e. The highest BCUT2D eigenvalue weighted by Crippen LogP contribution is 2.16. The van der Waals surface area contributed by atoms with E-state index in [1.54, 1.807) is 0 Å². The molecule has 1 heterocycles. The largest absolute Gasteiger partial charge is 0.375 e. The van der Waals surface area contributed by atoms with Gasteiger partial charge in [0, 0.05) is 12.5 Å². The molecule has 1 fully saturated rings. The van der Waals surface area contributed by atoms with Gasteiger partial charge in [-0.2, -0.15) is 5.26 Å². The van der Waals surface area contributed by atoms with E-state index in [1.807, 2.05) is 0 Å². The van der Waals surface area contributed by atoms with Crippen molar-refractivity contribution in [3.05, 3.63) is 0 Å². The highest BCUT2D eigenvalue weighted by atomic mass is 16.5. The summed E-state index contributed by atoms with van der Waals surface area (Å²) < 4.78 is 5.68. The summed E-state index contributed by atoms with van der Waals surface area (Å²) in [5, 5.41) is 8.77. The maximum atomic E-state index is 8.77. The lowest BCUT2D eigenvalue weighted by molar-refractivity contribution is -0.0154. The van der Waals surface area contributed by atoms with Crippen LogP contribution >= 0.6 is 0 Å². The molecule has 0 unspecified atom stereocenters. The molecule has 0 aromatic carbocycles. The zero-order valence-electron chi connectivity index (χ0n) is 10.1. The molecule has 15 heavy (non-hydrogen) atoms. The molecule has 3 heteroatoms. The minimum atomic E-state index is -0.0367. The predicted molar refractivity (Wildman–Crippen MR) is 60.5 cm³/mol. The van der Waals surface area contributed by atoms with Gasteiger partial charge in [-0.05, 0) is 46.7 Å². The molecule has 0 aromatic heterocycles. The average Bonchev–Trinajstić information content (AvgIpc) is 2.17. The minimum absolute atomic E-state index is 0.0367. The summed E-state index contributed by atoms with van der Waals surface area (Å²) in [6, 6.07) is 2.35. The van der Waals surface area contributed by atoms with Crippen LogP contribution in [0.15, 0.2) is 0 Å². The normalized spacial score (nSPS) is 20.1. The highest BCUT2D eigenvalue weighted by molar-refractivity contribution is 4.87. The number of rotatable bonds is 3. The third-order valence-electron chi connectivity index (χ3n) is 2.71. The van der Waals surface area contributed by atoms with Gasteiger partial charge < -0.3 is 9.64 Å². The molecule has 1 saturated heterocycles. The molecule has 0 saturated carbocycles. The second kappa shape index (κ2) is 5.48. The Balaban J connectivity index is 2.12. The van der Waals surface area contributed by atoms with E-state index >= 15 is 0 Å². The van der Waals surface area contributed by atoms with E-state index in [0.29, 0.717) is 0 Å². The van der Waals surface area contributed by atoms with Crippen molar-refractivity contribution in [2.45, 2.75) is 39.2 Å². The molecule has 0 atom stereocenters. The fraction of sp³-hybridized carbons (Fsp3) is 0.917. The van der Waals surface area contributed by atoms with Crippen LogP contribution in [0.5, 0.6) is 0 Å². The van der Waals surface area contributed by atoms with Crippen molar-refractivity contribution in [2.24, 2.45) is 5.92 Å². The first-order chi connectivity index (χ1) is 7.01. The van der Waals surface area contributed by atoms with Crippen molar-refractivity contribution < 1.29 is 4.74 Å². The summed E-state index contributed by atoms with van der Waals surface area (Å²) in [4.78, 5) is 2.39. The molecule has 3 nitrogen and oxygen atoms in total. The van der Waals surface area contributed by atoms with Gasteiger partial charge in [-0.1, -0.05) is 0 Å². The Kier molecular flexibility index (Phi) is 4.56. The summed E-state index contributed by atoms with van der Waals surface area (Å²) in [5.74, 6) is 0.282. The molecule has 0 amide bonds. The van der Waals surface area contributed by atoms with Crippen molar-refractivity contribution in [1.29, 1.82) is 5.26 Å². The smallest absolute Gasteiger partial charge is 0.0656 e. The van der Waals surface area contributed by atoms with Crippen molar-refractivity contribution in [3.63, 3.8) is 0 Å². The Bertz CT molecular complexity index is 219. The van der Waals surface area contributed by atoms with Gasteiger partial charge in [0.15, 0.2) is 0 Å². The number of hydrogen-bond donors (Lipinski definition) is 0. The quantitative estimate of drug-likeness (QED) is 0.715. The monoisotopic (exact) mass is 210 g/mol. The lowest BCUT2D eigenvalue weighted by atomic mass is 9.99. The SMILES string of the molecule is CC(C)(C)OCCN1CCC(C#N)CC1. The van der Waals surface area contributed by atoms with E-state index in [0.717, 1.165) is 39.1 Å². The molecule has 0 aromatic rings. The van der Waals surface area contributed by atoms with Gasteiger partial charge in [0.25, 0.3) is 0 Å². The fourth-order valence-corrected chi connectivity index (χ4v) is 1.77. The second-order valence-electron chi connectivity index (χ2n) is 5.21. The van der Waals surface area contributed by atoms with Gasteiger partial charge in [-0.15, -0.1) is 0 Å². The third-order valence-corrected chi connectivity index (χ3v) is 2.71. The number of nitriles is 1. The van der Waals surface area contributed by atoms with Gasteiger partial charge in [-0.3, -0.25) is 0 Å². The second-order valence-corrected chi connectivity index (χ2v) is 5.21. The Hall–Kier alpha value is -0.590. The molecule has 1 aliphatic rings. The van der Waals surface area contributed by atoms with Crippen LogP contribution in [-0.4, -0.2) is 36.7 Å². The van der Waals surface area contributed by atoms with E-state index < -0.39 is 0 Å². The number of likely N-dealkylation sites (tertiary alicyclic amines) is 1. The van der Waals surface area contributed by atoms with E-state index in [2.05, 4.69) is 31.7 Å². The first kappa shape index (κ1) is 12.5. The van der Waals surface area contributed by atoms with Gasteiger partial charge in [0.1, 0.15) is 0 Å². The number of piperidine rings is 1. The van der Waals surface area contributed by atoms with Gasteiger partial charge in [0.2, 0.25) is 0 Å². The maximum Gasteiger partial charge on any atom is 0.0656 e. The highest BCUT2D eigenvalue weighted by Gasteiger charge is 2.18. The van der Waals surface area contributed by atoms with Crippen molar-refractivity contribution in [2.75, 3.05) is 26.2 Å². The van der Waals surface area contributed by atoms with Crippen LogP contribution in [0.2, 0.25) is 0 Å². The molecule has 86 valence electrons. The Morgan fingerprint density at radius 1 is 1.33 bits per heavy atom. The van der Waals surface area contributed by atoms with Gasteiger partial charge in [-0.25, -0.2) is 0 Å². The molecular weight excluding hydrogens is 188 g/mol. The van der Waals surface area contributed by atoms with Crippen LogP contribution in [0.25, 0.3) is 0 Å².